The number of anilines is 1. The summed E-state index contributed by atoms with van der Waals surface area (Å²) in [7, 11) is 0. The molecule has 1 aliphatic heterocycles. The lowest BCUT2D eigenvalue weighted by Crippen LogP contribution is -2.36. The molecule has 1 unspecified atom stereocenters. The number of hydrogen-bond acceptors (Lipinski definition) is 2. The smallest absolute Gasteiger partial charge is 0.369 e. The number of rotatable bonds is 1. The van der Waals surface area contributed by atoms with Crippen LogP contribution in [0.3, 0.4) is 0 Å². The number of hydrogen-bond donors (Lipinski definition) is 1. The third-order valence-electron chi connectivity index (χ3n) is 3.20. The van der Waals surface area contributed by atoms with Gasteiger partial charge in [-0.3, -0.25) is 0 Å². The lowest BCUT2D eigenvalue weighted by molar-refractivity contribution is -0.137. The van der Waals surface area contributed by atoms with E-state index in [-0.39, 0.29) is 11.7 Å². The van der Waals surface area contributed by atoms with Crippen LogP contribution in [0.2, 0.25) is 0 Å². The molecule has 0 radical (unpaired) electrons. The van der Waals surface area contributed by atoms with Gasteiger partial charge in [-0.05, 0) is 38.1 Å². The molecule has 2 rings (SSSR count). The van der Waals surface area contributed by atoms with Gasteiger partial charge >= 0.3 is 6.18 Å². The van der Waals surface area contributed by atoms with E-state index in [9.17, 15) is 13.2 Å². The van der Waals surface area contributed by atoms with Crippen molar-refractivity contribution in [2.45, 2.75) is 25.6 Å². The maximum Gasteiger partial charge on any atom is 0.418 e. The minimum Gasteiger partial charge on any atom is -0.369 e. The Balaban J connectivity index is 2.37. The fourth-order valence-electron chi connectivity index (χ4n) is 2.33. The van der Waals surface area contributed by atoms with E-state index in [4.69, 9.17) is 0 Å². The van der Waals surface area contributed by atoms with Crippen molar-refractivity contribution in [2.24, 2.45) is 0 Å². The van der Waals surface area contributed by atoms with Crippen LogP contribution in [0.25, 0.3) is 0 Å². The van der Waals surface area contributed by atoms with Crippen molar-refractivity contribution < 1.29 is 13.2 Å². The highest BCUT2D eigenvalue weighted by Gasteiger charge is 2.35. The van der Waals surface area contributed by atoms with E-state index in [1.165, 1.54) is 0 Å². The van der Waals surface area contributed by atoms with Gasteiger partial charge in [-0.15, -0.1) is 0 Å². The van der Waals surface area contributed by atoms with Crippen LogP contribution in [-0.2, 0) is 6.18 Å². The Labute approximate surface area is 119 Å². The normalized spacial score (nSPS) is 21.3. The highest BCUT2D eigenvalue weighted by atomic mass is 79.9. The summed E-state index contributed by atoms with van der Waals surface area (Å²) in [5, 5.41) is 3.28. The molecule has 0 amide bonds. The molecule has 106 valence electrons. The second-order valence-electron chi connectivity index (χ2n) is 4.81. The van der Waals surface area contributed by atoms with Crippen LogP contribution in [0.1, 0.15) is 18.9 Å². The number of benzene rings is 1. The molecule has 1 aromatic carbocycles. The Bertz CT molecular complexity index is 448. The number of nitrogens with zero attached hydrogens (tertiary/aromatic N) is 1. The SMILES string of the molecule is CC1CN(c2ccc(Br)cc2C(F)(F)F)CCCN1. The average Bonchev–Trinajstić information content (AvgIpc) is 2.52. The van der Waals surface area contributed by atoms with Crippen LogP contribution in [-0.4, -0.2) is 25.7 Å². The molecule has 2 nitrogen and oxygen atoms in total. The molecule has 0 bridgehead atoms. The highest BCUT2D eigenvalue weighted by Crippen LogP contribution is 2.38. The molecule has 6 heteroatoms. The zero-order valence-corrected chi connectivity index (χ0v) is 12.2. The molecule has 0 aromatic heterocycles. The van der Waals surface area contributed by atoms with E-state index in [0.29, 0.717) is 17.6 Å². The van der Waals surface area contributed by atoms with Crippen molar-refractivity contribution in [2.75, 3.05) is 24.5 Å². The van der Waals surface area contributed by atoms with E-state index in [1.807, 2.05) is 11.8 Å². The zero-order chi connectivity index (χ0) is 14.0. The van der Waals surface area contributed by atoms with Crippen molar-refractivity contribution in [3.8, 4) is 0 Å². The summed E-state index contributed by atoms with van der Waals surface area (Å²) in [6.07, 6.45) is -3.49. The van der Waals surface area contributed by atoms with Gasteiger partial charge in [0, 0.05) is 29.3 Å². The Morgan fingerprint density at radius 2 is 2.11 bits per heavy atom. The number of halogens is 4. The van der Waals surface area contributed by atoms with Crippen molar-refractivity contribution in [3.05, 3.63) is 28.2 Å². The third kappa shape index (κ3) is 3.63. The molecule has 1 atom stereocenters. The molecule has 1 N–H and O–H groups in total. The lowest BCUT2D eigenvalue weighted by Gasteiger charge is -2.28. The second-order valence-corrected chi connectivity index (χ2v) is 5.73. The van der Waals surface area contributed by atoms with Crippen LogP contribution in [0.4, 0.5) is 18.9 Å². The summed E-state index contributed by atoms with van der Waals surface area (Å²) in [5.74, 6) is 0. The predicted molar refractivity (Wildman–Crippen MR) is 73.4 cm³/mol. The first kappa shape index (κ1) is 14.7. The summed E-state index contributed by atoms with van der Waals surface area (Å²) < 4.78 is 39.8. The molecular formula is C13H16BrF3N2. The van der Waals surface area contributed by atoms with E-state index < -0.39 is 11.7 Å². The molecular weight excluding hydrogens is 321 g/mol. The van der Waals surface area contributed by atoms with Gasteiger partial charge in [-0.25, -0.2) is 0 Å². The van der Waals surface area contributed by atoms with E-state index >= 15 is 0 Å². The topological polar surface area (TPSA) is 15.3 Å². The minimum atomic E-state index is -4.33. The van der Waals surface area contributed by atoms with Crippen molar-refractivity contribution in [3.63, 3.8) is 0 Å². The van der Waals surface area contributed by atoms with Gasteiger partial charge in [0.05, 0.1) is 5.56 Å². The van der Waals surface area contributed by atoms with Gasteiger partial charge in [0.2, 0.25) is 0 Å². The molecule has 1 aromatic rings. The van der Waals surface area contributed by atoms with Crippen molar-refractivity contribution in [1.29, 1.82) is 0 Å². The maximum absolute atomic E-state index is 13.1. The van der Waals surface area contributed by atoms with Crippen LogP contribution in [0.15, 0.2) is 22.7 Å². The van der Waals surface area contributed by atoms with Crippen molar-refractivity contribution in [1.82, 2.24) is 5.32 Å². The largest absolute Gasteiger partial charge is 0.418 e. The quantitative estimate of drug-likeness (QED) is 0.841. The van der Waals surface area contributed by atoms with Crippen LogP contribution >= 0.6 is 15.9 Å². The molecule has 1 fully saturated rings. The molecule has 1 heterocycles. The standard InChI is InChI=1S/C13H16BrF3N2/c1-9-8-19(6-2-5-18-9)12-4-3-10(14)7-11(12)13(15,16)17/h3-4,7,9,18H,2,5-6,8H2,1H3. The third-order valence-corrected chi connectivity index (χ3v) is 3.69. The zero-order valence-electron chi connectivity index (χ0n) is 10.6. The second kappa shape index (κ2) is 5.71. The first-order valence-electron chi connectivity index (χ1n) is 6.23. The fraction of sp³-hybridized carbons (Fsp3) is 0.538. The molecule has 0 spiro atoms. The highest BCUT2D eigenvalue weighted by molar-refractivity contribution is 9.10. The monoisotopic (exact) mass is 336 g/mol. The van der Waals surface area contributed by atoms with E-state index in [1.54, 1.807) is 12.1 Å². The maximum atomic E-state index is 13.1. The van der Waals surface area contributed by atoms with Gasteiger partial charge in [-0.1, -0.05) is 15.9 Å². The summed E-state index contributed by atoms with van der Waals surface area (Å²) in [6, 6.07) is 4.55. The van der Waals surface area contributed by atoms with E-state index in [0.717, 1.165) is 19.0 Å². The fourth-order valence-corrected chi connectivity index (χ4v) is 2.70. The first-order valence-corrected chi connectivity index (χ1v) is 7.02. The first-order chi connectivity index (χ1) is 8.88. The van der Waals surface area contributed by atoms with Crippen LogP contribution < -0.4 is 10.2 Å². The summed E-state index contributed by atoms with van der Waals surface area (Å²) in [4.78, 5) is 1.82. The Morgan fingerprint density at radius 3 is 2.79 bits per heavy atom. The van der Waals surface area contributed by atoms with Crippen LogP contribution in [0, 0.1) is 0 Å². The molecule has 0 aliphatic carbocycles. The van der Waals surface area contributed by atoms with E-state index in [2.05, 4.69) is 21.2 Å². The van der Waals surface area contributed by atoms with Crippen LogP contribution in [0.5, 0.6) is 0 Å². The Hall–Kier alpha value is -0.750. The molecule has 1 saturated heterocycles. The van der Waals surface area contributed by atoms with Gasteiger partial charge in [0.15, 0.2) is 0 Å². The molecule has 1 aliphatic rings. The summed E-state index contributed by atoms with van der Waals surface area (Å²) in [5.41, 5.74) is -0.303. The minimum absolute atomic E-state index is 0.187. The molecule has 0 saturated carbocycles. The van der Waals surface area contributed by atoms with Gasteiger partial charge in [0.1, 0.15) is 0 Å². The number of alkyl halides is 3. The van der Waals surface area contributed by atoms with Gasteiger partial charge in [0.25, 0.3) is 0 Å². The number of nitrogens with one attached hydrogen (secondary N) is 1. The Kier molecular flexibility index (Phi) is 4.40. The predicted octanol–water partition coefficient (Wildman–Crippen LogP) is 3.66. The van der Waals surface area contributed by atoms with Gasteiger partial charge in [-0.2, -0.15) is 13.2 Å². The summed E-state index contributed by atoms with van der Waals surface area (Å²) >= 11 is 3.11. The molecule has 19 heavy (non-hydrogen) atoms. The van der Waals surface area contributed by atoms with Gasteiger partial charge < -0.3 is 10.2 Å². The Morgan fingerprint density at radius 1 is 1.37 bits per heavy atom. The lowest BCUT2D eigenvalue weighted by atomic mass is 10.1. The average molecular weight is 337 g/mol. The summed E-state index contributed by atoms with van der Waals surface area (Å²) in [6.45, 7) is 4.06. The van der Waals surface area contributed by atoms with Crippen molar-refractivity contribution >= 4 is 21.6 Å².